The van der Waals surface area contributed by atoms with Crippen LogP contribution in [0.25, 0.3) is 0 Å². The number of para-hydroxylation sites is 1. The summed E-state index contributed by atoms with van der Waals surface area (Å²) in [5.41, 5.74) is 0.472. The number of rotatable bonds is 2. The van der Waals surface area contributed by atoms with Gasteiger partial charge < -0.3 is 0 Å². The van der Waals surface area contributed by atoms with Crippen LogP contribution in [0.5, 0.6) is 0 Å². The lowest BCUT2D eigenvalue weighted by atomic mass is 10.3. The van der Waals surface area contributed by atoms with E-state index < -0.39 is 10.0 Å². The number of benzene rings is 1. The Kier molecular flexibility index (Phi) is 2.67. The Morgan fingerprint density at radius 3 is 2.88 bits per heavy atom. The number of sulfonamides is 1. The minimum Gasteiger partial charge on any atom is -0.255 e. The van der Waals surface area contributed by atoms with Crippen LogP contribution in [0.15, 0.2) is 34.2 Å². The minimum atomic E-state index is -3.47. The molecule has 5 heteroatoms. The van der Waals surface area contributed by atoms with Crippen molar-refractivity contribution in [3.63, 3.8) is 0 Å². The van der Waals surface area contributed by atoms with Gasteiger partial charge in [0.25, 0.3) is 10.0 Å². The average Bonchev–Trinajstić information content (AvgIpc) is 2.28. The Balaban J connectivity index is 2.43. The highest BCUT2D eigenvalue weighted by molar-refractivity contribution is 7.89. The maximum absolute atomic E-state index is 12.1. The van der Waals surface area contributed by atoms with Gasteiger partial charge in [0.05, 0.1) is 5.69 Å². The molecule has 0 radical (unpaired) electrons. The van der Waals surface area contributed by atoms with E-state index in [9.17, 15) is 8.42 Å². The standard InChI is InChI=1S/C11H10N2O2S/c1-2-3-8-13-9-12-10-6-4-5-7-11(10)16(13,14)15/h1,4-7,9H,3,8H2. The normalized spacial score (nSPS) is 16.6. The summed E-state index contributed by atoms with van der Waals surface area (Å²) in [5, 5.41) is 0. The molecular weight excluding hydrogens is 224 g/mol. The SMILES string of the molecule is C#CCCN1C=Nc2ccccc2S1(=O)=O. The third-order valence-electron chi connectivity index (χ3n) is 2.25. The van der Waals surface area contributed by atoms with Gasteiger partial charge in [-0.25, -0.2) is 13.4 Å². The molecule has 0 saturated heterocycles. The van der Waals surface area contributed by atoms with Gasteiger partial charge in [0.2, 0.25) is 0 Å². The molecule has 1 aliphatic rings. The van der Waals surface area contributed by atoms with E-state index in [-0.39, 0.29) is 11.4 Å². The summed E-state index contributed by atoms with van der Waals surface area (Å²) in [6.07, 6.45) is 6.80. The fourth-order valence-electron chi connectivity index (χ4n) is 1.45. The lowest BCUT2D eigenvalue weighted by Gasteiger charge is -2.23. The van der Waals surface area contributed by atoms with Crippen molar-refractivity contribution in [1.82, 2.24) is 4.31 Å². The number of hydrogen-bond acceptors (Lipinski definition) is 3. The topological polar surface area (TPSA) is 49.7 Å². The van der Waals surface area contributed by atoms with Gasteiger partial charge in [-0.05, 0) is 12.1 Å². The van der Waals surface area contributed by atoms with Crippen LogP contribution in [0, 0.1) is 12.3 Å². The molecular formula is C11H10N2O2S. The van der Waals surface area contributed by atoms with Crippen molar-refractivity contribution in [2.75, 3.05) is 6.54 Å². The zero-order valence-corrected chi connectivity index (χ0v) is 9.31. The summed E-state index contributed by atoms with van der Waals surface area (Å²) in [7, 11) is -3.47. The lowest BCUT2D eigenvalue weighted by molar-refractivity contribution is 0.528. The van der Waals surface area contributed by atoms with Crippen LogP contribution < -0.4 is 0 Å². The molecule has 1 heterocycles. The van der Waals surface area contributed by atoms with Crippen LogP contribution in [-0.2, 0) is 10.0 Å². The second-order valence-corrected chi connectivity index (χ2v) is 5.14. The molecule has 0 spiro atoms. The Bertz CT molecular complexity index is 570. The van der Waals surface area contributed by atoms with E-state index in [2.05, 4.69) is 10.9 Å². The summed E-state index contributed by atoms with van der Waals surface area (Å²) in [6, 6.07) is 6.64. The summed E-state index contributed by atoms with van der Waals surface area (Å²) in [4.78, 5) is 4.31. The molecule has 16 heavy (non-hydrogen) atoms. The molecule has 0 bridgehead atoms. The molecule has 0 N–H and O–H groups in total. The molecule has 0 amide bonds. The van der Waals surface area contributed by atoms with Crippen LogP contribution in [0.3, 0.4) is 0 Å². The number of aliphatic imine (C=N–C) groups is 1. The predicted octanol–water partition coefficient (Wildman–Crippen LogP) is 1.37. The maximum atomic E-state index is 12.1. The summed E-state index contributed by atoms with van der Waals surface area (Å²) < 4.78 is 25.3. The van der Waals surface area contributed by atoms with E-state index in [4.69, 9.17) is 6.42 Å². The van der Waals surface area contributed by atoms with Gasteiger partial charge in [-0.15, -0.1) is 12.3 Å². The molecule has 0 atom stereocenters. The molecule has 0 unspecified atom stereocenters. The van der Waals surface area contributed by atoms with Gasteiger partial charge >= 0.3 is 0 Å². The number of terminal acetylenes is 1. The van der Waals surface area contributed by atoms with Gasteiger partial charge in [-0.3, -0.25) is 4.31 Å². The molecule has 4 nitrogen and oxygen atoms in total. The second-order valence-electron chi connectivity index (χ2n) is 3.28. The molecule has 82 valence electrons. The summed E-state index contributed by atoms with van der Waals surface area (Å²) in [5.74, 6) is 2.41. The second kappa shape index (κ2) is 3.99. The fraction of sp³-hybridized carbons (Fsp3) is 0.182. The highest BCUT2D eigenvalue weighted by atomic mass is 32.2. The molecule has 0 aliphatic carbocycles. The number of hydrogen-bond donors (Lipinski definition) is 0. The molecule has 0 saturated carbocycles. The van der Waals surface area contributed by atoms with Crippen molar-refractivity contribution in [3.05, 3.63) is 24.3 Å². The first kappa shape index (κ1) is 10.7. The predicted molar refractivity (Wildman–Crippen MR) is 61.9 cm³/mol. The average molecular weight is 234 g/mol. The van der Waals surface area contributed by atoms with Gasteiger partial charge in [-0.2, -0.15) is 0 Å². The van der Waals surface area contributed by atoms with Crippen molar-refractivity contribution in [3.8, 4) is 12.3 Å². The van der Waals surface area contributed by atoms with Crippen molar-refractivity contribution < 1.29 is 8.42 Å². The van der Waals surface area contributed by atoms with E-state index >= 15 is 0 Å². The fourth-order valence-corrected chi connectivity index (χ4v) is 2.84. The van der Waals surface area contributed by atoms with Gasteiger partial charge in [0.1, 0.15) is 11.2 Å². The molecule has 1 aromatic carbocycles. The van der Waals surface area contributed by atoms with Crippen LogP contribution in [0.2, 0.25) is 0 Å². The van der Waals surface area contributed by atoms with Crippen molar-refractivity contribution in [2.24, 2.45) is 4.99 Å². The lowest BCUT2D eigenvalue weighted by Crippen LogP contribution is -2.32. The van der Waals surface area contributed by atoms with Crippen LogP contribution in [0.4, 0.5) is 5.69 Å². The van der Waals surface area contributed by atoms with Gasteiger partial charge in [0, 0.05) is 13.0 Å². The van der Waals surface area contributed by atoms with E-state index in [1.807, 2.05) is 0 Å². The van der Waals surface area contributed by atoms with E-state index in [1.165, 1.54) is 10.6 Å². The van der Waals surface area contributed by atoms with E-state index in [0.29, 0.717) is 12.1 Å². The Morgan fingerprint density at radius 1 is 1.38 bits per heavy atom. The van der Waals surface area contributed by atoms with Gasteiger partial charge in [-0.1, -0.05) is 12.1 Å². The first-order valence-corrected chi connectivity index (χ1v) is 6.19. The Labute approximate surface area is 94.7 Å². The summed E-state index contributed by atoms with van der Waals surface area (Å²) in [6.45, 7) is 0.261. The monoisotopic (exact) mass is 234 g/mol. The third-order valence-corrected chi connectivity index (χ3v) is 4.05. The first-order valence-electron chi connectivity index (χ1n) is 4.75. The molecule has 0 fully saturated rings. The highest BCUT2D eigenvalue weighted by Gasteiger charge is 2.27. The van der Waals surface area contributed by atoms with Crippen molar-refractivity contribution in [1.29, 1.82) is 0 Å². The quantitative estimate of drug-likeness (QED) is 0.726. The smallest absolute Gasteiger partial charge is 0.255 e. The molecule has 1 aliphatic heterocycles. The molecule has 0 aromatic heterocycles. The van der Waals surface area contributed by atoms with Crippen LogP contribution in [0.1, 0.15) is 6.42 Å². The van der Waals surface area contributed by atoms with E-state index in [0.717, 1.165) is 0 Å². The minimum absolute atomic E-state index is 0.231. The first-order chi connectivity index (χ1) is 7.66. The van der Waals surface area contributed by atoms with Crippen molar-refractivity contribution >= 4 is 22.0 Å². The van der Waals surface area contributed by atoms with Gasteiger partial charge in [0.15, 0.2) is 0 Å². The zero-order chi connectivity index (χ0) is 11.6. The molecule has 2 rings (SSSR count). The zero-order valence-electron chi connectivity index (χ0n) is 8.50. The molecule has 1 aromatic rings. The third kappa shape index (κ3) is 1.68. The van der Waals surface area contributed by atoms with E-state index in [1.54, 1.807) is 24.3 Å². The largest absolute Gasteiger partial charge is 0.267 e. The Morgan fingerprint density at radius 2 is 2.12 bits per heavy atom. The van der Waals surface area contributed by atoms with Crippen molar-refractivity contribution in [2.45, 2.75) is 11.3 Å². The Hall–Kier alpha value is -1.80. The van der Waals surface area contributed by atoms with Crippen LogP contribution in [-0.4, -0.2) is 25.6 Å². The van der Waals surface area contributed by atoms with Crippen LogP contribution >= 0.6 is 0 Å². The highest BCUT2D eigenvalue weighted by Crippen LogP contribution is 2.29. The number of nitrogens with zero attached hydrogens (tertiary/aromatic N) is 2. The maximum Gasteiger partial charge on any atom is 0.267 e. The summed E-state index contributed by atoms with van der Waals surface area (Å²) >= 11 is 0. The number of fused-ring (bicyclic) bond motifs is 1.